The lowest BCUT2D eigenvalue weighted by atomic mass is 10.0. The minimum atomic E-state index is -0.0284. The number of nitrogens with zero attached hydrogens (tertiary/aromatic N) is 1. The number of carbonyl (C=O) groups is 1. The first-order valence-electron chi connectivity index (χ1n) is 8.26. The van der Waals surface area contributed by atoms with Crippen LogP contribution in [-0.4, -0.2) is 23.5 Å². The fourth-order valence-corrected chi connectivity index (χ4v) is 2.83. The molecule has 1 atom stereocenters. The number of nitrogens with one attached hydrogen (secondary N) is 1. The first-order chi connectivity index (χ1) is 11.7. The second kappa shape index (κ2) is 7.30. The molecule has 3 rings (SSSR count). The summed E-state index contributed by atoms with van der Waals surface area (Å²) in [5, 5.41) is 2.93. The van der Waals surface area contributed by atoms with E-state index in [1.807, 2.05) is 37.4 Å². The van der Waals surface area contributed by atoms with Crippen molar-refractivity contribution in [3.63, 3.8) is 0 Å². The molecule has 0 radical (unpaired) electrons. The third-order valence-corrected chi connectivity index (χ3v) is 4.12. The highest BCUT2D eigenvalue weighted by Gasteiger charge is 2.26. The van der Waals surface area contributed by atoms with Gasteiger partial charge in [0.1, 0.15) is 11.9 Å². The smallest absolute Gasteiger partial charge is 0.220 e. The fourth-order valence-electron chi connectivity index (χ4n) is 2.83. The molecule has 4 heteroatoms. The number of amides is 1. The molecule has 1 aliphatic heterocycles. The molecule has 4 nitrogen and oxygen atoms in total. The molecule has 0 fully saturated rings. The Bertz CT molecular complexity index is 738. The first-order valence-corrected chi connectivity index (χ1v) is 8.26. The third kappa shape index (κ3) is 3.65. The maximum atomic E-state index is 11.7. The molecular formula is C20H22N2O2. The Morgan fingerprint density at radius 3 is 3.04 bits per heavy atom. The van der Waals surface area contributed by atoms with Gasteiger partial charge in [0.15, 0.2) is 0 Å². The molecule has 1 aromatic heterocycles. The van der Waals surface area contributed by atoms with E-state index in [0.29, 0.717) is 19.4 Å². The van der Waals surface area contributed by atoms with Crippen molar-refractivity contribution < 1.29 is 9.53 Å². The van der Waals surface area contributed by atoms with Gasteiger partial charge in [-0.25, -0.2) is 0 Å². The zero-order chi connectivity index (χ0) is 16.9. The molecule has 1 amide bonds. The van der Waals surface area contributed by atoms with Gasteiger partial charge in [-0.1, -0.05) is 24.3 Å². The Morgan fingerprint density at radius 2 is 2.29 bits per heavy atom. The van der Waals surface area contributed by atoms with Crippen LogP contribution in [0.2, 0.25) is 0 Å². The van der Waals surface area contributed by atoms with Crippen LogP contribution in [0.3, 0.4) is 0 Å². The maximum absolute atomic E-state index is 11.7. The van der Waals surface area contributed by atoms with E-state index in [0.717, 1.165) is 29.0 Å². The second-order valence-electron chi connectivity index (χ2n) is 6.09. The monoisotopic (exact) mass is 322 g/mol. The van der Waals surface area contributed by atoms with Crippen molar-refractivity contribution in [3.05, 3.63) is 60.3 Å². The van der Waals surface area contributed by atoms with E-state index < -0.39 is 0 Å². The van der Waals surface area contributed by atoms with Gasteiger partial charge in [0.25, 0.3) is 0 Å². The van der Waals surface area contributed by atoms with E-state index in [2.05, 4.69) is 22.9 Å². The number of pyridine rings is 1. The number of ether oxygens (including phenoxy) is 1. The predicted octanol–water partition coefficient (Wildman–Crippen LogP) is 3.44. The Kier molecular flexibility index (Phi) is 4.94. The van der Waals surface area contributed by atoms with E-state index in [9.17, 15) is 4.79 Å². The summed E-state index contributed by atoms with van der Waals surface area (Å²) in [5.41, 5.74) is 4.22. The quantitative estimate of drug-likeness (QED) is 0.829. The van der Waals surface area contributed by atoms with Gasteiger partial charge in [-0.3, -0.25) is 9.78 Å². The number of aromatic nitrogens is 1. The number of allylic oxidation sites excluding steroid dienone is 1. The summed E-state index contributed by atoms with van der Waals surface area (Å²) in [6.45, 7) is 6.17. The number of aryl methyl sites for hydroxylation is 1. The predicted molar refractivity (Wildman–Crippen MR) is 95.0 cm³/mol. The standard InChI is InChI=1S/C20H22N2O2/c1-3-4-8-19(23)22-13-16-11-15-6-5-7-17(20(15)24-16)18-10-9-14(2)12-21-18/h3,5-7,9-10,12,16H,1,4,8,11,13H2,2H3,(H,22,23). The summed E-state index contributed by atoms with van der Waals surface area (Å²) in [7, 11) is 0. The van der Waals surface area contributed by atoms with Gasteiger partial charge in [0, 0.05) is 24.6 Å². The van der Waals surface area contributed by atoms with E-state index in [4.69, 9.17) is 4.74 Å². The van der Waals surface area contributed by atoms with Crippen LogP contribution in [0.15, 0.2) is 49.2 Å². The molecule has 0 saturated carbocycles. The second-order valence-corrected chi connectivity index (χ2v) is 6.09. The molecule has 1 aromatic carbocycles. The zero-order valence-corrected chi connectivity index (χ0v) is 13.9. The van der Waals surface area contributed by atoms with Crippen LogP contribution in [0.5, 0.6) is 5.75 Å². The molecule has 0 saturated heterocycles. The van der Waals surface area contributed by atoms with Crippen molar-refractivity contribution in [1.82, 2.24) is 10.3 Å². The topological polar surface area (TPSA) is 51.2 Å². The highest BCUT2D eigenvalue weighted by molar-refractivity contribution is 5.76. The number of rotatable bonds is 6. The molecule has 124 valence electrons. The summed E-state index contributed by atoms with van der Waals surface area (Å²) in [6, 6.07) is 10.2. The molecule has 2 aromatic rings. The summed E-state index contributed by atoms with van der Waals surface area (Å²) in [4.78, 5) is 16.2. The number of benzene rings is 1. The van der Waals surface area contributed by atoms with Gasteiger partial charge in [-0.2, -0.15) is 0 Å². The van der Waals surface area contributed by atoms with Crippen molar-refractivity contribution in [2.75, 3.05) is 6.54 Å². The van der Waals surface area contributed by atoms with Gasteiger partial charge in [0.2, 0.25) is 5.91 Å². The van der Waals surface area contributed by atoms with Crippen LogP contribution >= 0.6 is 0 Å². The zero-order valence-electron chi connectivity index (χ0n) is 13.9. The van der Waals surface area contributed by atoms with Crippen LogP contribution in [0.1, 0.15) is 24.0 Å². The van der Waals surface area contributed by atoms with E-state index in [1.54, 1.807) is 6.08 Å². The average Bonchev–Trinajstić information content (AvgIpc) is 3.02. The van der Waals surface area contributed by atoms with E-state index in [-0.39, 0.29) is 12.0 Å². The molecule has 2 heterocycles. The lowest BCUT2D eigenvalue weighted by Gasteiger charge is -2.13. The molecule has 1 aliphatic rings. The fraction of sp³-hybridized carbons (Fsp3) is 0.300. The van der Waals surface area contributed by atoms with Crippen molar-refractivity contribution in [1.29, 1.82) is 0 Å². The van der Waals surface area contributed by atoms with Gasteiger partial charge in [-0.05, 0) is 36.6 Å². The third-order valence-electron chi connectivity index (χ3n) is 4.12. The van der Waals surface area contributed by atoms with Gasteiger partial charge in [0.05, 0.1) is 12.2 Å². The maximum Gasteiger partial charge on any atom is 0.220 e. The lowest BCUT2D eigenvalue weighted by molar-refractivity contribution is -0.121. The van der Waals surface area contributed by atoms with Crippen molar-refractivity contribution in [2.45, 2.75) is 32.3 Å². The van der Waals surface area contributed by atoms with Gasteiger partial charge < -0.3 is 10.1 Å². The molecule has 0 spiro atoms. The van der Waals surface area contributed by atoms with Gasteiger partial charge in [-0.15, -0.1) is 6.58 Å². The average molecular weight is 322 g/mol. The van der Waals surface area contributed by atoms with Gasteiger partial charge >= 0.3 is 0 Å². The lowest BCUT2D eigenvalue weighted by Crippen LogP contribution is -2.34. The van der Waals surface area contributed by atoms with Crippen LogP contribution < -0.4 is 10.1 Å². The normalized spacial score (nSPS) is 15.5. The highest BCUT2D eigenvalue weighted by Crippen LogP contribution is 2.37. The van der Waals surface area contributed by atoms with Crippen molar-refractivity contribution in [2.24, 2.45) is 0 Å². The number of hydrogen-bond donors (Lipinski definition) is 1. The molecule has 1 unspecified atom stereocenters. The Balaban J connectivity index is 1.69. The number of carbonyl (C=O) groups excluding carboxylic acids is 1. The molecule has 0 aliphatic carbocycles. The van der Waals surface area contributed by atoms with Crippen molar-refractivity contribution >= 4 is 5.91 Å². The summed E-state index contributed by atoms with van der Waals surface area (Å²) in [5.74, 6) is 0.925. The Morgan fingerprint density at radius 1 is 1.42 bits per heavy atom. The van der Waals surface area contributed by atoms with Crippen molar-refractivity contribution in [3.8, 4) is 17.0 Å². The van der Waals surface area contributed by atoms with Crippen LogP contribution in [0.25, 0.3) is 11.3 Å². The molecular weight excluding hydrogens is 300 g/mol. The highest BCUT2D eigenvalue weighted by atomic mass is 16.5. The van der Waals surface area contributed by atoms with E-state index >= 15 is 0 Å². The summed E-state index contributed by atoms with van der Waals surface area (Å²) >= 11 is 0. The van der Waals surface area contributed by atoms with Crippen LogP contribution in [0, 0.1) is 6.92 Å². The van der Waals surface area contributed by atoms with Crippen LogP contribution in [-0.2, 0) is 11.2 Å². The Labute approximate surface area is 142 Å². The number of para-hydroxylation sites is 1. The SMILES string of the molecule is C=CCCC(=O)NCC1Cc2cccc(-c3ccc(C)cn3)c2O1. The molecule has 1 N–H and O–H groups in total. The largest absolute Gasteiger partial charge is 0.487 e. The Hall–Kier alpha value is -2.62. The molecule has 24 heavy (non-hydrogen) atoms. The minimum Gasteiger partial charge on any atom is -0.487 e. The first kappa shape index (κ1) is 16.2. The number of fused-ring (bicyclic) bond motifs is 1. The number of hydrogen-bond acceptors (Lipinski definition) is 3. The molecule has 0 bridgehead atoms. The summed E-state index contributed by atoms with van der Waals surface area (Å²) < 4.78 is 6.10. The van der Waals surface area contributed by atoms with E-state index in [1.165, 1.54) is 5.56 Å². The minimum absolute atomic E-state index is 0.0284. The summed E-state index contributed by atoms with van der Waals surface area (Å²) in [6.07, 6.45) is 5.56. The van der Waals surface area contributed by atoms with Crippen LogP contribution in [0.4, 0.5) is 0 Å².